The number of halogens is 6. The molecule has 12 nitrogen and oxygen atoms in total. The number of ether oxygens (including phenoxy) is 5. The third-order valence-corrected chi connectivity index (χ3v) is 16.5. The Morgan fingerprint density at radius 1 is 0.596 bits per heavy atom. The number of hydrogen-bond acceptors (Lipinski definition) is 10. The van der Waals surface area contributed by atoms with Gasteiger partial charge in [-0.1, -0.05) is 151 Å². The fraction of sp³-hybridized carbons (Fsp3) is 0.429. The molecule has 0 spiro atoms. The zero-order chi connectivity index (χ0) is 63.6. The zero-order valence-corrected chi connectivity index (χ0v) is 51.1. The Labute approximate surface area is 521 Å². The third-order valence-electron chi connectivity index (χ3n) is 16.5. The summed E-state index contributed by atoms with van der Waals surface area (Å²) in [4.78, 5) is 30.6. The van der Waals surface area contributed by atoms with Gasteiger partial charge in [0.1, 0.15) is 13.2 Å². The maximum Gasteiger partial charge on any atom is 0.416 e. The van der Waals surface area contributed by atoms with Gasteiger partial charge in [-0.2, -0.15) is 26.3 Å². The van der Waals surface area contributed by atoms with Crippen LogP contribution in [-0.2, 0) is 60.3 Å². The number of aliphatic hydroxyl groups is 3. The van der Waals surface area contributed by atoms with Gasteiger partial charge in [-0.15, -0.1) is 6.58 Å². The van der Waals surface area contributed by atoms with Gasteiger partial charge >= 0.3 is 24.5 Å². The van der Waals surface area contributed by atoms with Crippen LogP contribution in [0.2, 0.25) is 0 Å². The van der Waals surface area contributed by atoms with Crippen LogP contribution in [0, 0.1) is 13.8 Å². The molecule has 2 unspecified atom stereocenters. The summed E-state index contributed by atoms with van der Waals surface area (Å²) >= 11 is 0. The first-order valence-corrected chi connectivity index (χ1v) is 29.8. The predicted octanol–water partition coefficient (Wildman–Crippen LogP) is 15.1. The Kier molecular flexibility index (Phi) is 25.7. The molecule has 477 valence electrons. The van der Waals surface area contributed by atoms with Gasteiger partial charge in [-0.05, 0) is 143 Å². The number of nitrogens with zero attached hydrogens (tertiary/aromatic N) is 2. The molecule has 6 aromatic carbocycles. The van der Waals surface area contributed by atoms with Gasteiger partial charge in [0.25, 0.3) is 0 Å². The van der Waals surface area contributed by atoms with E-state index in [-0.39, 0.29) is 67.4 Å². The van der Waals surface area contributed by atoms with Gasteiger partial charge in [0.05, 0.1) is 71.9 Å². The number of β-amino-alcohol motifs (C(OH)–C–C–N with tert-alkyl or cyclic N) is 2. The second-order valence-corrected chi connectivity index (χ2v) is 23.3. The molecular formula is C70H82BF6N2O10. The van der Waals surface area contributed by atoms with Crippen molar-refractivity contribution in [1.29, 1.82) is 0 Å². The Balaban J connectivity index is 0.000000260. The smallest absolute Gasteiger partial charge is 0.416 e. The molecule has 6 aromatic rings. The normalized spacial score (nSPS) is 21.6. The lowest BCUT2D eigenvalue weighted by atomic mass is 9.75. The van der Waals surface area contributed by atoms with E-state index in [9.17, 15) is 51.3 Å². The lowest BCUT2D eigenvalue weighted by molar-refractivity contribution is -0.138. The molecule has 0 aromatic heterocycles. The number of benzene rings is 6. The first-order chi connectivity index (χ1) is 41.9. The van der Waals surface area contributed by atoms with Crippen molar-refractivity contribution in [2.45, 2.75) is 146 Å². The predicted molar refractivity (Wildman–Crippen MR) is 329 cm³/mol. The molecular weight excluding hydrogens is 1150 g/mol. The number of alkyl halides is 6. The summed E-state index contributed by atoms with van der Waals surface area (Å²) in [6.45, 7) is 12.2. The molecule has 3 radical (unpaired) electrons. The average molecular weight is 1240 g/mol. The molecule has 0 saturated carbocycles. The van der Waals surface area contributed by atoms with Crippen molar-refractivity contribution in [3.05, 3.63) is 226 Å². The van der Waals surface area contributed by atoms with Crippen molar-refractivity contribution < 1.29 is 74.9 Å². The first kappa shape index (κ1) is 71.1. The standard InChI is InChI=1S/C33H38F3NO5.C33H36F3NO4.C4H8O.B/c1-24-18-27(20-29(19-24)33(34,35)36)25(2)42-23-32(28-12-7-4-8-13-28)16-15-31(40,14-9-17-38)22-37(32)30(39)41-21-26-10-5-3-6-11-26;1-4-15-31(39)16-17-32(28-13-9-6-10-14-28,37(22-31)30(38)40-21-26-11-7-5-8-12-26)23-41-25(3)27-18-24(2)19-29(20-27)33(34,35)36;1-2-4-5-3-1;/h3-8,10-13,18-20,25,38,40H,9,14-17,21-23H2,1-2H3;4-14,18-20,25,39H,1,15-17,21-23H2,2-3H3;1-4H2;/t2*25-,31?,32-;;/m11../s1. The quantitative estimate of drug-likeness (QED) is 0.0407. The van der Waals surface area contributed by atoms with Crippen LogP contribution in [0.5, 0.6) is 0 Å². The van der Waals surface area contributed by atoms with E-state index in [2.05, 4.69) is 6.58 Å². The second-order valence-electron chi connectivity index (χ2n) is 23.3. The molecule has 9 rings (SSSR count). The number of amides is 2. The van der Waals surface area contributed by atoms with Crippen molar-refractivity contribution in [1.82, 2.24) is 9.80 Å². The van der Waals surface area contributed by atoms with E-state index in [1.165, 1.54) is 22.6 Å². The number of aryl methyl sites for hydroxylation is 2. The Morgan fingerprint density at radius 2 is 0.978 bits per heavy atom. The van der Waals surface area contributed by atoms with Crippen LogP contribution in [-0.4, -0.2) is 103 Å². The van der Waals surface area contributed by atoms with E-state index in [1.807, 2.05) is 121 Å². The molecule has 3 aliphatic heterocycles. The molecule has 2 amide bonds. The maximum atomic E-state index is 13.8. The summed E-state index contributed by atoms with van der Waals surface area (Å²) in [5.41, 5.74) is -1.19. The topological polar surface area (TPSA) is 147 Å². The minimum atomic E-state index is -4.49. The van der Waals surface area contributed by atoms with E-state index in [0.717, 1.165) is 59.7 Å². The highest BCUT2D eigenvalue weighted by atomic mass is 19.4. The number of aliphatic hydroxyl groups excluding tert-OH is 1. The SMILES string of the molecule is C1CCOC1.C=CCC1(O)CC[C@@](CO[C@H](C)c2cc(C)cc(C(F)(F)F)c2)(c2ccccc2)N(C(=O)OCc2ccccc2)C1.Cc1cc([C@@H](C)OC[C@@]2(c3ccccc3)CCC(O)(CCCO)CN2C(=O)OCc2ccccc2)cc(C(F)(F)F)c1.[B]. The molecule has 3 fully saturated rings. The second kappa shape index (κ2) is 32.1. The fourth-order valence-electron chi connectivity index (χ4n) is 11.5. The molecule has 3 saturated heterocycles. The molecule has 3 heterocycles. The Morgan fingerprint density at radius 3 is 1.34 bits per heavy atom. The van der Waals surface area contributed by atoms with Crippen LogP contribution >= 0.6 is 0 Å². The Bertz CT molecular complexity index is 3150. The highest BCUT2D eigenvalue weighted by molar-refractivity contribution is 5.75. The van der Waals surface area contributed by atoms with E-state index >= 15 is 0 Å². The highest BCUT2D eigenvalue weighted by Crippen LogP contribution is 2.46. The molecule has 0 aliphatic carbocycles. The third kappa shape index (κ3) is 19.5. The van der Waals surface area contributed by atoms with E-state index in [0.29, 0.717) is 54.4 Å². The average Bonchev–Trinajstić information content (AvgIpc) is 1.72. The summed E-state index contributed by atoms with van der Waals surface area (Å²) in [6.07, 6.45) is -5.21. The van der Waals surface area contributed by atoms with Gasteiger partial charge in [-0.25, -0.2) is 9.59 Å². The summed E-state index contributed by atoms with van der Waals surface area (Å²) in [6, 6.07) is 44.9. The van der Waals surface area contributed by atoms with Gasteiger partial charge in [0, 0.05) is 28.2 Å². The number of likely N-dealkylation sites (tertiary alicyclic amines) is 2. The largest absolute Gasteiger partial charge is 0.445 e. The van der Waals surface area contributed by atoms with Gasteiger partial charge in [0.2, 0.25) is 0 Å². The van der Waals surface area contributed by atoms with E-state index < -0.39 is 70.2 Å². The zero-order valence-electron chi connectivity index (χ0n) is 51.1. The van der Waals surface area contributed by atoms with Crippen molar-refractivity contribution >= 4 is 20.6 Å². The first-order valence-electron chi connectivity index (χ1n) is 29.8. The molecule has 6 atom stereocenters. The number of piperidine rings is 2. The lowest BCUT2D eigenvalue weighted by Crippen LogP contribution is -2.62. The van der Waals surface area contributed by atoms with Crippen molar-refractivity contribution in [3.63, 3.8) is 0 Å². The summed E-state index contributed by atoms with van der Waals surface area (Å²) in [7, 11) is 0. The van der Waals surface area contributed by atoms with Gasteiger partial charge in [-0.3, -0.25) is 9.80 Å². The minimum Gasteiger partial charge on any atom is -0.445 e. The van der Waals surface area contributed by atoms with Crippen molar-refractivity contribution in [2.75, 3.05) is 46.1 Å². The van der Waals surface area contributed by atoms with Gasteiger partial charge < -0.3 is 39.0 Å². The number of hydrogen-bond donors (Lipinski definition) is 3. The highest BCUT2D eigenvalue weighted by Gasteiger charge is 2.53. The monoisotopic (exact) mass is 1240 g/mol. The maximum absolute atomic E-state index is 13.8. The summed E-state index contributed by atoms with van der Waals surface area (Å²) in [5, 5.41) is 32.3. The van der Waals surface area contributed by atoms with Crippen LogP contribution < -0.4 is 0 Å². The van der Waals surface area contributed by atoms with E-state index in [4.69, 9.17) is 23.7 Å². The summed E-state index contributed by atoms with van der Waals surface area (Å²) in [5.74, 6) is 0. The van der Waals surface area contributed by atoms with E-state index in [1.54, 1.807) is 45.9 Å². The van der Waals surface area contributed by atoms with Gasteiger partial charge in [0.15, 0.2) is 0 Å². The van der Waals surface area contributed by atoms with Crippen LogP contribution in [0.3, 0.4) is 0 Å². The molecule has 3 N–H and O–H groups in total. The van der Waals surface area contributed by atoms with Crippen LogP contribution in [0.4, 0.5) is 35.9 Å². The van der Waals surface area contributed by atoms with Crippen LogP contribution in [0.1, 0.15) is 139 Å². The number of rotatable bonds is 19. The molecule has 0 bridgehead atoms. The fourth-order valence-corrected chi connectivity index (χ4v) is 11.5. The molecule has 3 aliphatic rings. The minimum absolute atomic E-state index is 0. The summed E-state index contributed by atoms with van der Waals surface area (Å²) < 4.78 is 110. The molecule has 89 heavy (non-hydrogen) atoms. The van der Waals surface area contributed by atoms with Crippen LogP contribution in [0.25, 0.3) is 0 Å². The van der Waals surface area contributed by atoms with Crippen molar-refractivity contribution in [3.8, 4) is 0 Å². The lowest BCUT2D eigenvalue weighted by Gasteiger charge is -2.52. The van der Waals surface area contributed by atoms with Crippen LogP contribution in [0.15, 0.2) is 170 Å². The molecule has 19 heteroatoms. The number of carbonyl (C=O) groups is 2. The number of carbonyl (C=O) groups excluding carboxylic acids is 2. The van der Waals surface area contributed by atoms with Crippen molar-refractivity contribution in [2.24, 2.45) is 0 Å². The Hall–Kier alpha value is -7.00.